The predicted molar refractivity (Wildman–Crippen MR) is 81.5 cm³/mol. The van der Waals surface area contributed by atoms with Crippen LogP contribution < -0.4 is 5.73 Å². The second kappa shape index (κ2) is 6.37. The monoisotopic (exact) mass is 281 g/mol. The fraction of sp³-hybridized carbons (Fsp3) is 0.250. The molecule has 1 aromatic carbocycles. The molecule has 1 unspecified atom stereocenters. The van der Waals surface area contributed by atoms with Crippen LogP contribution in [0.1, 0.15) is 23.7 Å². The van der Waals surface area contributed by atoms with Gasteiger partial charge < -0.3 is 10.3 Å². The van der Waals surface area contributed by atoms with Gasteiger partial charge in [-0.15, -0.1) is 0 Å². The highest BCUT2D eigenvalue weighted by Gasteiger charge is 2.13. The molecule has 0 aliphatic carbocycles. The zero-order valence-electron chi connectivity index (χ0n) is 11.8. The summed E-state index contributed by atoms with van der Waals surface area (Å²) in [4.78, 5) is 4.24. The van der Waals surface area contributed by atoms with Crippen molar-refractivity contribution in [2.45, 2.75) is 25.6 Å². The number of aryl methyl sites for hydroxylation is 2. The largest absolute Gasteiger partial charge is 0.333 e. The molecule has 2 N–H and O–H groups in total. The summed E-state index contributed by atoms with van der Waals surface area (Å²) in [5, 5.41) is 4.21. The van der Waals surface area contributed by atoms with Crippen molar-refractivity contribution < 1.29 is 0 Å². The van der Waals surface area contributed by atoms with Gasteiger partial charge in [-0.3, -0.25) is 4.68 Å². The third-order valence-corrected chi connectivity index (χ3v) is 3.57. The van der Waals surface area contributed by atoms with Gasteiger partial charge in [-0.25, -0.2) is 4.98 Å². The number of hydrogen-bond donors (Lipinski definition) is 1. The molecule has 0 bridgehead atoms. The van der Waals surface area contributed by atoms with Gasteiger partial charge in [0.05, 0.1) is 24.3 Å². The maximum Gasteiger partial charge on any atom is 0.0948 e. The molecule has 2 heterocycles. The molecule has 3 aromatic rings. The van der Waals surface area contributed by atoms with Crippen molar-refractivity contribution in [3.05, 3.63) is 72.6 Å². The average molecular weight is 281 g/mol. The summed E-state index contributed by atoms with van der Waals surface area (Å²) in [6.07, 6.45) is 8.47. The highest BCUT2D eigenvalue weighted by Crippen LogP contribution is 2.19. The molecule has 0 saturated heterocycles. The van der Waals surface area contributed by atoms with Crippen LogP contribution in [0.25, 0.3) is 0 Å². The number of aromatic nitrogens is 4. The van der Waals surface area contributed by atoms with Gasteiger partial charge in [-0.2, -0.15) is 5.10 Å². The van der Waals surface area contributed by atoms with Crippen molar-refractivity contribution >= 4 is 0 Å². The fourth-order valence-electron chi connectivity index (χ4n) is 2.44. The van der Waals surface area contributed by atoms with Crippen LogP contribution >= 0.6 is 0 Å². The zero-order chi connectivity index (χ0) is 14.5. The minimum atomic E-state index is -0.140. The quantitative estimate of drug-likeness (QED) is 0.753. The SMILES string of the molecule is NC(c1ccccc1)c1cncn1CCCn1cccn1. The third-order valence-electron chi connectivity index (χ3n) is 3.57. The average Bonchev–Trinajstić information content (AvgIpc) is 3.19. The van der Waals surface area contributed by atoms with E-state index < -0.39 is 0 Å². The van der Waals surface area contributed by atoms with Crippen LogP contribution in [0.3, 0.4) is 0 Å². The minimum Gasteiger partial charge on any atom is -0.333 e. The maximum absolute atomic E-state index is 6.35. The molecule has 0 spiro atoms. The maximum atomic E-state index is 6.35. The van der Waals surface area contributed by atoms with Crippen molar-refractivity contribution in [1.29, 1.82) is 0 Å². The van der Waals surface area contributed by atoms with E-state index in [4.69, 9.17) is 5.73 Å². The van der Waals surface area contributed by atoms with Crippen LogP contribution in [-0.4, -0.2) is 19.3 Å². The molecule has 3 rings (SSSR count). The molecule has 0 amide bonds. The van der Waals surface area contributed by atoms with Crippen LogP contribution in [0.4, 0.5) is 0 Å². The molecule has 5 heteroatoms. The summed E-state index contributed by atoms with van der Waals surface area (Å²) in [5.74, 6) is 0. The Balaban J connectivity index is 1.66. The topological polar surface area (TPSA) is 61.7 Å². The summed E-state index contributed by atoms with van der Waals surface area (Å²) < 4.78 is 4.06. The molecular formula is C16H19N5. The summed E-state index contributed by atoms with van der Waals surface area (Å²) in [5.41, 5.74) is 8.50. The van der Waals surface area contributed by atoms with E-state index in [9.17, 15) is 0 Å². The van der Waals surface area contributed by atoms with Crippen molar-refractivity contribution in [2.75, 3.05) is 0 Å². The number of rotatable bonds is 6. The Morgan fingerprint density at radius 2 is 1.95 bits per heavy atom. The second-order valence-electron chi connectivity index (χ2n) is 5.02. The molecule has 5 nitrogen and oxygen atoms in total. The first-order valence-corrected chi connectivity index (χ1v) is 7.12. The van der Waals surface area contributed by atoms with E-state index >= 15 is 0 Å². The van der Waals surface area contributed by atoms with Crippen molar-refractivity contribution in [1.82, 2.24) is 19.3 Å². The number of hydrogen-bond acceptors (Lipinski definition) is 3. The van der Waals surface area contributed by atoms with E-state index in [1.807, 2.05) is 59.8 Å². The molecular weight excluding hydrogens is 262 g/mol. The Hall–Kier alpha value is -2.40. The lowest BCUT2D eigenvalue weighted by molar-refractivity contribution is 0.514. The summed E-state index contributed by atoms with van der Waals surface area (Å²) >= 11 is 0. The summed E-state index contributed by atoms with van der Waals surface area (Å²) in [6.45, 7) is 1.78. The molecule has 0 fully saturated rings. The fourth-order valence-corrected chi connectivity index (χ4v) is 2.44. The Kier molecular flexibility index (Phi) is 4.12. The molecule has 0 saturated carbocycles. The number of nitrogens with two attached hydrogens (primary N) is 1. The summed E-state index contributed by atoms with van der Waals surface area (Å²) in [6, 6.07) is 11.9. The summed E-state index contributed by atoms with van der Waals surface area (Å²) in [7, 11) is 0. The van der Waals surface area contributed by atoms with E-state index in [1.165, 1.54) is 0 Å². The molecule has 1 atom stereocenters. The smallest absolute Gasteiger partial charge is 0.0948 e. The predicted octanol–water partition coefficient (Wildman–Crippen LogP) is 2.22. The number of benzene rings is 1. The normalized spacial score (nSPS) is 12.4. The Labute approximate surface area is 124 Å². The molecule has 0 radical (unpaired) electrons. The standard InChI is InChI=1S/C16H19N5/c17-16(14-6-2-1-3-7-14)15-12-18-13-20(15)9-5-11-21-10-4-8-19-21/h1-4,6-8,10,12-13,16H,5,9,11,17H2. The van der Waals surface area contributed by atoms with Crippen molar-refractivity contribution in [3.63, 3.8) is 0 Å². The van der Waals surface area contributed by atoms with Crippen LogP contribution in [-0.2, 0) is 13.1 Å². The molecule has 108 valence electrons. The highest BCUT2D eigenvalue weighted by molar-refractivity contribution is 5.26. The van der Waals surface area contributed by atoms with Gasteiger partial charge in [0.25, 0.3) is 0 Å². The lowest BCUT2D eigenvalue weighted by Gasteiger charge is -2.15. The molecule has 2 aromatic heterocycles. The lowest BCUT2D eigenvalue weighted by atomic mass is 10.1. The van der Waals surface area contributed by atoms with Crippen LogP contribution in [0.5, 0.6) is 0 Å². The van der Waals surface area contributed by atoms with Gasteiger partial charge in [0.15, 0.2) is 0 Å². The van der Waals surface area contributed by atoms with Crippen LogP contribution in [0.2, 0.25) is 0 Å². The van der Waals surface area contributed by atoms with Gasteiger partial charge >= 0.3 is 0 Å². The number of nitrogens with zero attached hydrogens (tertiary/aromatic N) is 4. The number of imidazole rings is 1. The van der Waals surface area contributed by atoms with Crippen molar-refractivity contribution in [2.24, 2.45) is 5.73 Å². The van der Waals surface area contributed by atoms with Gasteiger partial charge in [0.2, 0.25) is 0 Å². The van der Waals surface area contributed by atoms with Crippen molar-refractivity contribution in [3.8, 4) is 0 Å². The lowest BCUT2D eigenvalue weighted by Crippen LogP contribution is -2.17. The molecule has 0 aliphatic rings. The highest BCUT2D eigenvalue weighted by atomic mass is 15.3. The first-order chi connectivity index (χ1) is 10.3. The van der Waals surface area contributed by atoms with E-state index in [-0.39, 0.29) is 6.04 Å². The van der Waals surface area contributed by atoms with E-state index in [2.05, 4.69) is 14.6 Å². The van der Waals surface area contributed by atoms with E-state index in [1.54, 1.807) is 6.20 Å². The molecule has 0 aliphatic heterocycles. The van der Waals surface area contributed by atoms with Gasteiger partial charge in [-0.1, -0.05) is 30.3 Å². The molecule has 21 heavy (non-hydrogen) atoms. The zero-order valence-corrected chi connectivity index (χ0v) is 11.8. The second-order valence-corrected chi connectivity index (χ2v) is 5.02. The van der Waals surface area contributed by atoms with Gasteiger partial charge in [-0.05, 0) is 18.1 Å². The Morgan fingerprint density at radius 1 is 1.10 bits per heavy atom. The van der Waals surface area contributed by atoms with E-state index in [0.717, 1.165) is 30.8 Å². The minimum absolute atomic E-state index is 0.140. The Morgan fingerprint density at radius 3 is 2.71 bits per heavy atom. The van der Waals surface area contributed by atoms with Gasteiger partial charge in [0, 0.05) is 25.5 Å². The van der Waals surface area contributed by atoms with Crippen LogP contribution in [0, 0.1) is 0 Å². The first-order valence-electron chi connectivity index (χ1n) is 7.12. The van der Waals surface area contributed by atoms with Crippen LogP contribution in [0.15, 0.2) is 61.3 Å². The Bertz CT molecular complexity index is 657. The first kappa shape index (κ1) is 13.6. The third kappa shape index (κ3) is 3.20. The van der Waals surface area contributed by atoms with Gasteiger partial charge in [0.1, 0.15) is 0 Å². The van der Waals surface area contributed by atoms with E-state index in [0.29, 0.717) is 0 Å².